The van der Waals surface area contributed by atoms with E-state index in [1.54, 1.807) is 20.8 Å². The van der Waals surface area contributed by atoms with E-state index in [4.69, 9.17) is 9.47 Å². The van der Waals surface area contributed by atoms with E-state index in [-0.39, 0.29) is 42.1 Å². The van der Waals surface area contributed by atoms with Crippen LogP contribution in [0.1, 0.15) is 66.7 Å². The second kappa shape index (κ2) is 11.0. The molecule has 2 heterocycles. The summed E-state index contributed by atoms with van der Waals surface area (Å²) in [6, 6.07) is -2.37. The van der Waals surface area contributed by atoms with Gasteiger partial charge in [-0.05, 0) is 70.1 Å². The summed E-state index contributed by atoms with van der Waals surface area (Å²) >= 11 is 0. The first-order chi connectivity index (χ1) is 16.8. The molecule has 3 aliphatic rings. The number of ether oxygens (including phenoxy) is 2. The number of nitrogens with zero attached hydrogens (tertiary/aromatic N) is 1. The molecule has 0 bridgehead atoms. The van der Waals surface area contributed by atoms with E-state index in [9.17, 15) is 24.0 Å². The van der Waals surface area contributed by atoms with Crippen molar-refractivity contribution in [2.45, 2.75) is 90.4 Å². The quantitative estimate of drug-likeness (QED) is 0.482. The number of aldehydes is 1. The maximum Gasteiger partial charge on any atom is 0.408 e. The highest BCUT2D eigenvalue weighted by Crippen LogP contribution is 2.64. The number of carbonyl (C=O) groups is 5. The number of hydrogen-bond donors (Lipinski definition) is 3. The van der Waals surface area contributed by atoms with Crippen LogP contribution in [0.2, 0.25) is 0 Å². The fourth-order valence-corrected chi connectivity index (χ4v) is 5.35. The highest BCUT2D eigenvalue weighted by atomic mass is 16.6. The Labute approximate surface area is 212 Å². The van der Waals surface area contributed by atoms with E-state index in [1.807, 2.05) is 0 Å². The van der Waals surface area contributed by atoms with Gasteiger partial charge in [0.05, 0.1) is 12.6 Å². The Hall–Kier alpha value is -2.85. The van der Waals surface area contributed by atoms with Crippen molar-refractivity contribution in [3.05, 3.63) is 0 Å². The van der Waals surface area contributed by atoms with Crippen LogP contribution in [0.5, 0.6) is 0 Å². The Morgan fingerprint density at radius 3 is 2.56 bits per heavy atom. The van der Waals surface area contributed by atoms with Crippen LogP contribution in [0.3, 0.4) is 0 Å². The van der Waals surface area contributed by atoms with Crippen molar-refractivity contribution in [2.75, 3.05) is 19.7 Å². The number of rotatable bonds is 2. The second-order valence-corrected chi connectivity index (χ2v) is 11.5. The molecule has 3 rings (SSSR count). The standard InChI is InChI=1S/C25H40N4O7/c1-24(2,3)36-23(34)28-17-10-8-12-35-22(33)26-11-7-6-9-15(14-30)27-20(31)19-18-16(25(18,4)5)13-29(19)21(17)32/h14-19H,6-13H2,1-5H3,(H,26,33)(H,27,31)(H,28,34)/t15-,16-,17-,18-,19-/m0/s1. The lowest BCUT2D eigenvalue weighted by molar-refractivity contribution is -0.142. The van der Waals surface area contributed by atoms with Crippen LogP contribution in [0, 0.1) is 17.3 Å². The van der Waals surface area contributed by atoms with Crippen molar-refractivity contribution >= 4 is 30.3 Å². The molecule has 5 atom stereocenters. The Balaban J connectivity index is 1.83. The Morgan fingerprint density at radius 1 is 1.17 bits per heavy atom. The van der Waals surface area contributed by atoms with Gasteiger partial charge in [0.1, 0.15) is 24.0 Å². The van der Waals surface area contributed by atoms with E-state index in [0.717, 1.165) is 0 Å². The van der Waals surface area contributed by atoms with Crippen LogP contribution in [-0.2, 0) is 23.9 Å². The molecule has 0 aromatic heterocycles. The van der Waals surface area contributed by atoms with Crippen LogP contribution in [0.15, 0.2) is 0 Å². The van der Waals surface area contributed by atoms with Crippen molar-refractivity contribution in [1.29, 1.82) is 0 Å². The summed E-state index contributed by atoms with van der Waals surface area (Å²) in [5, 5.41) is 8.12. The average Bonchev–Trinajstić information content (AvgIpc) is 3.11. The summed E-state index contributed by atoms with van der Waals surface area (Å²) in [6.45, 7) is 10.2. The molecule has 202 valence electrons. The minimum Gasteiger partial charge on any atom is -0.450 e. The van der Waals surface area contributed by atoms with Crippen LogP contribution < -0.4 is 16.0 Å². The molecule has 1 saturated carbocycles. The Bertz CT molecular complexity index is 869. The molecule has 0 unspecified atom stereocenters. The zero-order valence-electron chi connectivity index (χ0n) is 21.9. The van der Waals surface area contributed by atoms with Gasteiger partial charge in [0, 0.05) is 13.1 Å². The number of hydrogen-bond acceptors (Lipinski definition) is 7. The van der Waals surface area contributed by atoms with E-state index in [1.165, 1.54) is 4.90 Å². The molecule has 2 aliphatic heterocycles. The third kappa shape index (κ3) is 6.67. The minimum absolute atomic E-state index is 0.0248. The molecule has 3 N–H and O–H groups in total. The zero-order valence-corrected chi connectivity index (χ0v) is 21.9. The number of piperidine rings is 1. The number of cyclic esters (lactones) is 1. The van der Waals surface area contributed by atoms with Gasteiger partial charge in [0.25, 0.3) is 0 Å². The molecule has 1 aliphatic carbocycles. The smallest absolute Gasteiger partial charge is 0.408 e. The Morgan fingerprint density at radius 2 is 1.89 bits per heavy atom. The molecule has 3 fully saturated rings. The van der Waals surface area contributed by atoms with Gasteiger partial charge in [-0.2, -0.15) is 0 Å². The fraction of sp³-hybridized carbons (Fsp3) is 0.800. The molecular formula is C25H40N4O7. The van der Waals surface area contributed by atoms with Gasteiger partial charge in [-0.25, -0.2) is 9.59 Å². The molecule has 0 aromatic rings. The predicted molar refractivity (Wildman–Crippen MR) is 130 cm³/mol. The number of alkyl carbamates (subject to hydrolysis) is 2. The molecule has 11 nitrogen and oxygen atoms in total. The SMILES string of the molecule is CC(C)(C)OC(=O)N[C@H]1CCCOC(=O)NCCCC[C@@H](C=O)NC(=O)[C@@H]2[C@@H]3[C@H](CN2C1=O)C3(C)C. The van der Waals surface area contributed by atoms with Crippen LogP contribution in [-0.4, -0.2) is 78.6 Å². The highest BCUT2D eigenvalue weighted by molar-refractivity contribution is 5.93. The Kier molecular flexibility index (Phi) is 8.51. The lowest BCUT2D eigenvalue weighted by Gasteiger charge is -2.33. The predicted octanol–water partition coefficient (Wildman–Crippen LogP) is 1.74. The van der Waals surface area contributed by atoms with E-state index in [0.29, 0.717) is 45.1 Å². The van der Waals surface area contributed by atoms with Gasteiger partial charge in [0.2, 0.25) is 11.8 Å². The number of fused-ring (bicyclic) bond motifs is 3. The monoisotopic (exact) mass is 508 g/mol. The summed E-state index contributed by atoms with van der Waals surface area (Å²) in [6.07, 6.45) is 1.60. The average molecular weight is 509 g/mol. The second-order valence-electron chi connectivity index (χ2n) is 11.5. The summed E-state index contributed by atoms with van der Waals surface area (Å²) < 4.78 is 10.5. The van der Waals surface area contributed by atoms with E-state index in [2.05, 4.69) is 29.8 Å². The molecular weight excluding hydrogens is 468 g/mol. The van der Waals surface area contributed by atoms with E-state index >= 15 is 0 Å². The maximum atomic E-state index is 13.7. The van der Waals surface area contributed by atoms with Gasteiger partial charge in [-0.3, -0.25) is 9.59 Å². The third-order valence-corrected chi connectivity index (χ3v) is 7.32. The normalized spacial score (nSPS) is 31.5. The van der Waals surface area contributed by atoms with Gasteiger partial charge >= 0.3 is 12.2 Å². The molecule has 4 amide bonds. The number of carbonyl (C=O) groups excluding carboxylic acids is 5. The lowest BCUT2D eigenvalue weighted by Crippen LogP contribution is -2.57. The number of amides is 4. The minimum atomic E-state index is -0.958. The fourth-order valence-electron chi connectivity index (χ4n) is 5.35. The topological polar surface area (TPSA) is 143 Å². The molecule has 0 spiro atoms. The first-order valence-electron chi connectivity index (χ1n) is 12.8. The van der Waals surface area contributed by atoms with Gasteiger partial charge in [0.15, 0.2) is 0 Å². The molecule has 11 heteroatoms. The van der Waals surface area contributed by atoms with Crippen molar-refractivity contribution < 1.29 is 33.4 Å². The van der Waals surface area contributed by atoms with Gasteiger partial charge in [-0.1, -0.05) is 13.8 Å². The number of nitrogens with one attached hydrogen (secondary N) is 3. The first-order valence-corrected chi connectivity index (χ1v) is 12.8. The largest absolute Gasteiger partial charge is 0.450 e. The summed E-state index contributed by atoms with van der Waals surface area (Å²) in [4.78, 5) is 64.7. The third-order valence-electron chi connectivity index (χ3n) is 7.32. The molecule has 2 saturated heterocycles. The van der Waals surface area contributed by atoms with Crippen LogP contribution in [0.4, 0.5) is 9.59 Å². The lowest BCUT2D eigenvalue weighted by atomic mass is 9.98. The summed E-state index contributed by atoms with van der Waals surface area (Å²) in [5.41, 5.74) is -0.848. The van der Waals surface area contributed by atoms with Crippen molar-refractivity contribution in [2.24, 2.45) is 17.3 Å². The maximum absolute atomic E-state index is 13.7. The molecule has 0 aromatic carbocycles. The summed E-state index contributed by atoms with van der Waals surface area (Å²) in [5.74, 6) is -0.606. The molecule has 0 radical (unpaired) electrons. The molecule has 36 heavy (non-hydrogen) atoms. The van der Waals surface area contributed by atoms with E-state index < -0.39 is 35.9 Å². The van der Waals surface area contributed by atoms with Crippen LogP contribution >= 0.6 is 0 Å². The highest BCUT2D eigenvalue weighted by Gasteiger charge is 2.69. The van der Waals surface area contributed by atoms with Gasteiger partial charge in [-0.15, -0.1) is 0 Å². The summed E-state index contributed by atoms with van der Waals surface area (Å²) in [7, 11) is 0. The van der Waals surface area contributed by atoms with Crippen LogP contribution in [0.25, 0.3) is 0 Å². The van der Waals surface area contributed by atoms with Gasteiger partial charge < -0.3 is 35.1 Å². The van der Waals surface area contributed by atoms with Crippen molar-refractivity contribution in [3.8, 4) is 0 Å². The van der Waals surface area contributed by atoms with Crippen molar-refractivity contribution in [3.63, 3.8) is 0 Å². The first kappa shape index (κ1) is 27.7. The zero-order chi connectivity index (χ0) is 26.7. The van der Waals surface area contributed by atoms with Crippen molar-refractivity contribution in [1.82, 2.24) is 20.9 Å².